The maximum atomic E-state index is 11.8. The van der Waals surface area contributed by atoms with E-state index in [4.69, 9.17) is 0 Å². The summed E-state index contributed by atoms with van der Waals surface area (Å²) < 4.78 is 0. The van der Waals surface area contributed by atoms with Gasteiger partial charge in [-0.2, -0.15) is 11.3 Å². The summed E-state index contributed by atoms with van der Waals surface area (Å²) in [7, 11) is 0. The van der Waals surface area contributed by atoms with Gasteiger partial charge in [-0.1, -0.05) is 19.8 Å². The van der Waals surface area contributed by atoms with Crippen molar-refractivity contribution in [1.29, 1.82) is 0 Å². The molecule has 1 aromatic heterocycles. The zero-order valence-corrected chi connectivity index (χ0v) is 11.6. The van der Waals surface area contributed by atoms with E-state index in [-0.39, 0.29) is 12.3 Å². The Morgan fingerprint density at radius 3 is 2.89 bits per heavy atom. The number of nitrogens with one attached hydrogen (secondary N) is 1. The molecule has 1 fully saturated rings. The van der Waals surface area contributed by atoms with E-state index < -0.39 is 5.60 Å². The second-order valence-corrected chi connectivity index (χ2v) is 6.15. The summed E-state index contributed by atoms with van der Waals surface area (Å²) >= 11 is 1.67. The minimum atomic E-state index is -0.740. The highest BCUT2D eigenvalue weighted by Gasteiger charge is 2.33. The Bertz CT molecular complexity index is 383. The molecule has 4 heteroatoms. The molecule has 1 atom stereocenters. The van der Waals surface area contributed by atoms with Gasteiger partial charge in [-0.3, -0.25) is 4.79 Å². The molecule has 1 aromatic rings. The van der Waals surface area contributed by atoms with Gasteiger partial charge in [-0.15, -0.1) is 0 Å². The van der Waals surface area contributed by atoms with Crippen LogP contribution in [-0.4, -0.2) is 23.2 Å². The van der Waals surface area contributed by atoms with Crippen LogP contribution in [0.25, 0.3) is 0 Å². The van der Waals surface area contributed by atoms with Gasteiger partial charge in [0.1, 0.15) is 0 Å². The van der Waals surface area contributed by atoms with Crippen molar-refractivity contribution in [1.82, 2.24) is 5.32 Å². The maximum Gasteiger partial charge on any atom is 0.222 e. The molecule has 0 saturated heterocycles. The standard InChI is InChI=1S/C14H21NO2S/c1-11(12-4-7-18-10-12)9-15-13(16)8-14(17)5-2-3-6-14/h4,7,10-11,17H,2-3,5-6,8-9H2,1H3,(H,15,16). The number of hydrogen-bond acceptors (Lipinski definition) is 3. The highest BCUT2D eigenvalue weighted by molar-refractivity contribution is 7.07. The molecule has 0 spiro atoms. The zero-order chi connectivity index (χ0) is 13.0. The zero-order valence-electron chi connectivity index (χ0n) is 10.8. The Kier molecular flexibility index (Phi) is 4.40. The van der Waals surface area contributed by atoms with Crippen LogP contribution in [0.3, 0.4) is 0 Å². The highest BCUT2D eigenvalue weighted by Crippen LogP contribution is 2.32. The van der Waals surface area contributed by atoms with E-state index >= 15 is 0 Å². The Balaban J connectivity index is 1.75. The van der Waals surface area contributed by atoms with E-state index in [9.17, 15) is 9.90 Å². The van der Waals surface area contributed by atoms with Crippen molar-refractivity contribution in [2.24, 2.45) is 0 Å². The third-order valence-electron chi connectivity index (χ3n) is 3.74. The van der Waals surface area contributed by atoms with Gasteiger partial charge in [-0.05, 0) is 41.1 Å². The summed E-state index contributed by atoms with van der Waals surface area (Å²) in [6.07, 6.45) is 3.86. The second kappa shape index (κ2) is 5.85. The first-order chi connectivity index (χ1) is 8.59. The smallest absolute Gasteiger partial charge is 0.222 e. The molecule has 1 amide bonds. The number of aliphatic hydroxyl groups is 1. The molecule has 0 radical (unpaired) electrons. The monoisotopic (exact) mass is 267 g/mol. The summed E-state index contributed by atoms with van der Waals surface area (Å²) in [6.45, 7) is 2.75. The molecule has 2 N–H and O–H groups in total. The van der Waals surface area contributed by atoms with Crippen LogP contribution in [0.2, 0.25) is 0 Å². The fourth-order valence-corrected chi connectivity index (χ4v) is 3.29. The van der Waals surface area contributed by atoms with E-state index in [1.54, 1.807) is 11.3 Å². The van der Waals surface area contributed by atoms with Gasteiger partial charge in [0.15, 0.2) is 0 Å². The first-order valence-electron chi connectivity index (χ1n) is 6.60. The van der Waals surface area contributed by atoms with Gasteiger partial charge in [0, 0.05) is 6.54 Å². The molecule has 3 nitrogen and oxygen atoms in total. The van der Waals surface area contributed by atoms with E-state index in [0.717, 1.165) is 25.7 Å². The lowest BCUT2D eigenvalue weighted by molar-refractivity contribution is -0.125. The summed E-state index contributed by atoms with van der Waals surface area (Å²) in [5.41, 5.74) is 0.523. The Hall–Kier alpha value is -0.870. The largest absolute Gasteiger partial charge is 0.389 e. The van der Waals surface area contributed by atoms with Gasteiger partial charge in [0.2, 0.25) is 5.91 Å². The number of thiophene rings is 1. The molecule has 1 aliphatic carbocycles. The van der Waals surface area contributed by atoms with Crippen LogP contribution < -0.4 is 5.32 Å². The fraction of sp³-hybridized carbons (Fsp3) is 0.643. The Morgan fingerprint density at radius 2 is 2.28 bits per heavy atom. The molecule has 0 aromatic carbocycles. The van der Waals surface area contributed by atoms with Crippen LogP contribution >= 0.6 is 11.3 Å². The number of carbonyl (C=O) groups excluding carboxylic acids is 1. The first kappa shape index (κ1) is 13.6. The van der Waals surface area contributed by atoms with Crippen molar-refractivity contribution in [2.75, 3.05) is 6.54 Å². The van der Waals surface area contributed by atoms with Crippen LogP contribution in [0.5, 0.6) is 0 Å². The molecule has 100 valence electrons. The highest BCUT2D eigenvalue weighted by atomic mass is 32.1. The van der Waals surface area contributed by atoms with Gasteiger partial charge >= 0.3 is 0 Å². The van der Waals surface area contributed by atoms with Gasteiger partial charge < -0.3 is 10.4 Å². The van der Waals surface area contributed by atoms with Crippen molar-refractivity contribution in [2.45, 2.75) is 50.5 Å². The van der Waals surface area contributed by atoms with Gasteiger partial charge in [0.05, 0.1) is 12.0 Å². The molecule has 1 heterocycles. The molecule has 1 unspecified atom stereocenters. The van der Waals surface area contributed by atoms with Crippen LogP contribution in [-0.2, 0) is 4.79 Å². The quantitative estimate of drug-likeness (QED) is 0.861. The number of amides is 1. The van der Waals surface area contributed by atoms with Crippen LogP contribution in [0.4, 0.5) is 0 Å². The lowest BCUT2D eigenvalue weighted by Gasteiger charge is -2.21. The average Bonchev–Trinajstić information content (AvgIpc) is 2.97. The average molecular weight is 267 g/mol. The van der Waals surface area contributed by atoms with Gasteiger partial charge in [0.25, 0.3) is 0 Å². The predicted molar refractivity (Wildman–Crippen MR) is 73.8 cm³/mol. The summed E-state index contributed by atoms with van der Waals surface area (Å²) in [5, 5.41) is 17.2. The predicted octanol–water partition coefficient (Wildman–Crippen LogP) is 2.66. The van der Waals surface area contributed by atoms with E-state index in [0.29, 0.717) is 12.5 Å². The topological polar surface area (TPSA) is 49.3 Å². The number of rotatable bonds is 5. The molecule has 0 bridgehead atoms. The van der Waals surface area contributed by atoms with Gasteiger partial charge in [-0.25, -0.2) is 0 Å². The minimum absolute atomic E-state index is 0.0264. The SMILES string of the molecule is CC(CNC(=O)CC1(O)CCCC1)c1ccsc1. The first-order valence-corrected chi connectivity index (χ1v) is 7.54. The number of hydrogen-bond donors (Lipinski definition) is 2. The Morgan fingerprint density at radius 1 is 1.56 bits per heavy atom. The van der Waals surface area contributed by atoms with E-state index in [1.807, 2.05) is 0 Å². The fourth-order valence-electron chi connectivity index (χ4n) is 2.51. The molecular weight excluding hydrogens is 246 g/mol. The van der Waals surface area contributed by atoms with Crippen molar-refractivity contribution in [3.8, 4) is 0 Å². The summed E-state index contributed by atoms with van der Waals surface area (Å²) in [4.78, 5) is 11.8. The van der Waals surface area contributed by atoms with Crippen LogP contribution in [0.15, 0.2) is 16.8 Å². The van der Waals surface area contributed by atoms with E-state index in [1.165, 1.54) is 5.56 Å². The van der Waals surface area contributed by atoms with E-state index in [2.05, 4.69) is 29.1 Å². The molecule has 1 aliphatic rings. The number of carbonyl (C=O) groups is 1. The van der Waals surface area contributed by atoms with Crippen molar-refractivity contribution < 1.29 is 9.90 Å². The van der Waals surface area contributed by atoms with Crippen LogP contribution in [0, 0.1) is 0 Å². The maximum absolute atomic E-state index is 11.8. The lowest BCUT2D eigenvalue weighted by Crippen LogP contribution is -2.36. The molecule has 2 rings (SSSR count). The summed E-state index contributed by atoms with van der Waals surface area (Å²) in [6, 6.07) is 2.09. The van der Waals surface area contributed by atoms with Crippen molar-refractivity contribution in [3.63, 3.8) is 0 Å². The second-order valence-electron chi connectivity index (χ2n) is 5.37. The summed E-state index contributed by atoms with van der Waals surface area (Å²) in [5.74, 6) is 0.305. The molecule has 18 heavy (non-hydrogen) atoms. The van der Waals surface area contributed by atoms with Crippen molar-refractivity contribution in [3.05, 3.63) is 22.4 Å². The molecule has 1 saturated carbocycles. The third-order valence-corrected chi connectivity index (χ3v) is 4.44. The normalized spacial score (nSPS) is 19.7. The van der Waals surface area contributed by atoms with Crippen molar-refractivity contribution >= 4 is 17.2 Å². The minimum Gasteiger partial charge on any atom is -0.389 e. The Labute approximate surface area is 112 Å². The third kappa shape index (κ3) is 3.56. The lowest BCUT2D eigenvalue weighted by atomic mass is 9.97. The van der Waals surface area contributed by atoms with Crippen LogP contribution in [0.1, 0.15) is 50.5 Å². The molecule has 0 aliphatic heterocycles. The molecular formula is C14H21NO2S.